The van der Waals surface area contributed by atoms with Crippen molar-refractivity contribution < 1.29 is 27.7 Å². The molecule has 0 saturated heterocycles. The van der Waals surface area contributed by atoms with Crippen LogP contribution in [-0.4, -0.2) is 37.7 Å². The minimum absolute atomic E-state index is 0.0199. The number of carbonyl (C=O) groups is 1. The summed E-state index contributed by atoms with van der Waals surface area (Å²) < 4.78 is 36.8. The van der Waals surface area contributed by atoms with E-state index in [1.54, 1.807) is 12.1 Å². The number of hydrogen-bond acceptors (Lipinski definition) is 5. The van der Waals surface area contributed by atoms with Crippen LogP contribution < -0.4 is 10.8 Å². The van der Waals surface area contributed by atoms with Gasteiger partial charge < -0.3 is 15.4 Å². The summed E-state index contributed by atoms with van der Waals surface area (Å²) in [7, 11) is -5.18. The molecule has 2 rings (SSSR count). The Hall–Kier alpha value is -2.23. The van der Waals surface area contributed by atoms with Crippen molar-refractivity contribution in [1.82, 2.24) is 5.32 Å². The first-order valence-corrected chi connectivity index (χ1v) is 8.80. The van der Waals surface area contributed by atoms with Crippen LogP contribution in [0.2, 0.25) is 0 Å². The second-order valence-corrected chi connectivity index (χ2v) is 7.23. The topological polar surface area (TPSA) is 104 Å². The van der Waals surface area contributed by atoms with Crippen LogP contribution in [0.4, 0.5) is 4.39 Å². The first-order valence-electron chi connectivity index (χ1n) is 6.91. The third-order valence-electron chi connectivity index (χ3n) is 3.32. The van der Waals surface area contributed by atoms with Gasteiger partial charge in [-0.15, -0.1) is 0 Å². The largest absolute Gasteiger partial charge is 0.488 e. The van der Waals surface area contributed by atoms with E-state index in [9.17, 15) is 17.6 Å². The molecule has 24 heavy (non-hydrogen) atoms. The second-order valence-electron chi connectivity index (χ2n) is 5.22. The summed E-state index contributed by atoms with van der Waals surface area (Å²) in [4.78, 5) is 12.1. The molecule has 2 aromatic rings. The van der Waals surface area contributed by atoms with Crippen LogP contribution in [0.3, 0.4) is 0 Å². The van der Waals surface area contributed by atoms with E-state index in [4.69, 9.17) is 10.0 Å². The normalized spacial score (nSPS) is 11.2. The Balaban J connectivity index is 2.11. The SMILES string of the molecule is CS(=O)(=O)c1cccc(CNC(=O)c2ccc(B(O)O)cc2F)c1. The maximum absolute atomic E-state index is 13.8. The lowest BCUT2D eigenvalue weighted by molar-refractivity contribution is 0.0947. The molecule has 0 bridgehead atoms. The predicted octanol–water partition coefficient (Wildman–Crippen LogP) is -0.161. The van der Waals surface area contributed by atoms with Gasteiger partial charge in [0.15, 0.2) is 9.84 Å². The molecule has 3 N–H and O–H groups in total. The number of hydrogen-bond donors (Lipinski definition) is 3. The molecule has 0 atom stereocenters. The lowest BCUT2D eigenvalue weighted by atomic mass is 9.80. The van der Waals surface area contributed by atoms with Gasteiger partial charge in [0.05, 0.1) is 10.5 Å². The van der Waals surface area contributed by atoms with Crippen LogP contribution in [-0.2, 0) is 16.4 Å². The van der Waals surface area contributed by atoms with Crippen molar-refractivity contribution in [2.75, 3.05) is 6.26 Å². The van der Waals surface area contributed by atoms with Crippen molar-refractivity contribution in [3.8, 4) is 0 Å². The number of amides is 1. The molecule has 9 heteroatoms. The Bertz CT molecular complexity index is 870. The van der Waals surface area contributed by atoms with E-state index < -0.39 is 28.7 Å². The van der Waals surface area contributed by atoms with Crippen LogP contribution in [0.25, 0.3) is 0 Å². The molecule has 2 aromatic carbocycles. The molecule has 0 aromatic heterocycles. The van der Waals surface area contributed by atoms with Gasteiger partial charge in [0.25, 0.3) is 5.91 Å². The zero-order valence-corrected chi connectivity index (χ0v) is 13.5. The average Bonchev–Trinajstić information content (AvgIpc) is 2.52. The molecule has 1 amide bonds. The Kier molecular flexibility index (Phi) is 5.38. The first kappa shape index (κ1) is 18.1. The van der Waals surface area contributed by atoms with Gasteiger partial charge in [-0.3, -0.25) is 4.79 Å². The summed E-state index contributed by atoms with van der Waals surface area (Å²) in [5.74, 6) is -1.58. The lowest BCUT2D eigenvalue weighted by Gasteiger charge is -2.08. The number of halogens is 1. The third kappa shape index (κ3) is 4.41. The molecule has 0 fully saturated rings. The Morgan fingerprint density at radius 2 is 1.92 bits per heavy atom. The van der Waals surface area contributed by atoms with Crippen LogP contribution >= 0.6 is 0 Å². The molecule has 0 radical (unpaired) electrons. The molecule has 0 heterocycles. The fraction of sp³-hybridized carbons (Fsp3) is 0.133. The highest BCUT2D eigenvalue weighted by Gasteiger charge is 2.17. The number of sulfone groups is 1. The van der Waals surface area contributed by atoms with Crippen molar-refractivity contribution in [2.24, 2.45) is 0 Å². The van der Waals surface area contributed by atoms with Gasteiger partial charge in [-0.1, -0.05) is 18.2 Å². The van der Waals surface area contributed by atoms with Gasteiger partial charge in [0.1, 0.15) is 5.82 Å². The second kappa shape index (κ2) is 7.12. The van der Waals surface area contributed by atoms with Crippen molar-refractivity contribution in [2.45, 2.75) is 11.4 Å². The Morgan fingerprint density at radius 3 is 2.50 bits per heavy atom. The van der Waals surface area contributed by atoms with E-state index in [-0.39, 0.29) is 22.5 Å². The zero-order chi connectivity index (χ0) is 17.9. The van der Waals surface area contributed by atoms with E-state index in [0.717, 1.165) is 18.4 Å². The highest BCUT2D eigenvalue weighted by atomic mass is 32.2. The van der Waals surface area contributed by atoms with Gasteiger partial charge in [-0.25, -0.2) is 12.8 Å². The lowest BCUT2D eigenvalue weighted by Crippen LogP contribution is -2.31. The summed E-state index contributed by atoms with van der Waals surface area (Å²) in [5.41, 5.74) is 0.234. The molecule has 0 aliphatic heterocycles. The number of benzene rings is 2. The van der Waals surface area contributed by atoms with E-state index in [1.807, 2.05) is 0 Å². The fourth-order valence-corrected chi connectivity index (χ4v) is 2.73. The number of nitrogens with one attached hydrogen (secondary N) is 1. The summed E-state index contributed by atoms with van der Waals surface area (Å²) in [5, 5.41) is 20.4. The highest BCUT2D eigenvalue weighted by molar-refractivity contribution is 7.90. The summed E-state index contributed by atoms with van der Waals surface area (Å²) >= 11 is 0. The molecule has 0 saturated carbocycles. The molecule has 0 unspecified atom stereocenters. The van der Waals surface area contributed by atoms with E-state index in [1.165, 1.54) is 18.2 Å². The van der Waals surface area contributed by atoms with Crippen molar-refractivity contribution in [1.29, 1.82) is 0 Å². The molecule has 0 spiro atoms. The quantitative estimate of drug-likeness (QED) is 0.650. The fourth-order valence-electron chi connectivity index (χ4n) is 2.04. The van der Waals surface area contributed by atoms with E-state index in [0.29, 0.717) is 5.56 Å². The molecular formula is C15H15BFNO5S. The smallest absolute Gasteiger partial charge is 0.423 e. The Morgan fingerprint density at radius 1 is 1.21 bits per heavy atom. The van der Waals surface area contributed by atoms with Crippen LogP contribution in [0.1, 0.15) is 15.9 Å². The molecule has 126 valence electrons. The molecular weight excluding hydrogens is 336 g/mol. The Labute approximate surface area is 139 Å². The van der Waals surface area contributed by atoms with Gasteiger partial charge in [-0.05, 0) is 35.3 Å². The van der Waals surface area contributed by atoms with Gasteiger partial charge >= 0.3 is 7.12 Å². The number of carbonyl (C=O) groups excluding carboxylic acids is 1. The standard InChI is InChI=1S/C15H15BFNO5S/c1-24(22,23)12-4-2-3-10(7-12)9-18-15(19)13-6-5-11(16(20)21)8-14(13)17/h2-8,20-21H,9H2,1H3,(H,18,19). The van der Waals surface area contributed by atoms with Crippen LogP contribution in [0.5, 0.6) is 0 Å². The summed E-state index contributed by atoms with van der Waals surface area (Å²) in [6.45, 7) is 0.0199. The molecule has 0 aliphatic carbocycles. The minimum Gasteiger partial charge on any atom is -0.423 e. The zero-order valence-electron chi connectivity index (χ0n) is 12.7. The van der Waals surface area contributed by atoms with Crippen molar-refractivity contribution in [3.63, 3.8) is 0 Å². The van der Waals surface area contributed by atoms with Gasteiger partial charge in [-0.2, -0.15) is 0 Å². The molecule has 0 aliphatic rings. The molecule has 6 nitrogen and oxygen atoms in total. The van der Waals surface area contributed by atoms with Gasteiger partial charge in [0.2, 0.25) is 0 Å². The van der Waals surface area contributed by atoms with E-state index >= 15 is 0 Å². The van der Waals surface area contributed by atoms with Gasteiger partial charge in [0, 0.05) is 12.8 Å². The highest BCUT2D eigenvalue weighted by Crippen LogP contribution is 2.12. The van der Waals surface area contributed by atoms with Crippen molar-refractivity contribution in [3.05, 3.63) is 59.4 Å². The predicted molar refractivity (Wildman–Crippen MR) is 86.9 cm³/mol. The maximum Gasteiger partial charge on any atom is 0.488 e. The summed E-state index contributed by atoms with van der Waals surface area (Å²) in [6.07, 6.45) is 1.08. The van der Waals surface area contributed by atoms with Crippen LogP contribution in [0.15, 0.2) is 47.4 Å². The third-order valence-corrected chi connectivity index (χ3v) is 4.43. The number of rotatable bonds is 5. The first-order chi connectivity index (χ1) is 11.2. The minimum atomic E-state index is -3.36. The average molecular weight is 351 g/mol. The maximum atomic E-state index is 13.8. The van der Waals surface area contributed by atoms with Crippen molar-refractivity contribution >= 4 is 28.3 Å². The monoisotopic (exact) mass is 351 g/mol. The van der Waals surface area contributed by atoms with Crippen LogP contribution in [0, 0.1) is 5.82 Å². The summed E-state index contributed by atoms with van der Waals surface area (Å²) in [6, 6.07) is 9.30. The van der Waals surface area contributed by atoms with E-state index in [2.05, 4.69) is 5.32 Å².